The van der Waals surface area contributed by atoms with E-state index in [2.05, 4.69) is 6.92 Å². The van der Waals surface area contributed by atoms with Crippen LogP contribution in [0.1, 0.15) is 71.1 Å². The predicted octanol–water partition coefficient (Wildman–Crippen LogP) is 3.47. The van der Waals surface area contributed by atoms with Crippen molar-refractivity contribution in [3.05, 3.63) is 0 Å². The first-order chi connectivity index (χ1) is 9.09. The molecule has 0 bridgehead atoms. The summed E-state index contributed by atoms with van der Waals surface area (Å²) in [7, 11) is 0. The lowest BCUT2D eigenvalue weighted by Crippen LogP contribution is -2.56. The van der Waals surface area contributed by atoms with Crippen molar-refractivity contribution in [2.75, 3.05) is 6.54 Å². The highest BCUT2D eigenvalue weighted by Crippen LogP contribution is 2.55. The van der Waals surface area contributed by atoms with Gasteiger partial charge < -0.3 is 10.8 Å². The van der Waals surface area contributed by atoms with Crippen molar-refractivity contribution < 1.29 is 5.11 Å². The summed E-state index contributed by atoms with van der Waals surface area (Å²) in [5, 5.41) is 11.4. The van der Waals surface area contributed by atoms with Crippen molar-refractivity contribution >= 4 is 0 Å². The molecule has 0 amide bonds. The van der Waals surface area contributed by atoms with Crippen molar-refractivity contribution in [1.29, 1.82) is 0 Å². The van der Waals surface area contributed by atoms with E-state index in [9.17, 15) is 5.11 Å². The van der Waals surface area contributed by atoms with Gasteiger partial charge in [0.2, 0.25) is 0 Å². The van der Waals surface area contributed by atoms with Crippen LogP contribution in [0.3, 0.4) is 0 Å². The SMILES string of the molecule is CC1CCCC(CN)(C2(O)CCCC(C3CC3)C2)C1. The Balaban J connectivity index is 1.79. The Kier molecular flexibility index (Phi) is 3.68. The number of hydrogen-bond donors (Lipinski definition) is 2. The third-order valence-electron chi connectivity index (χ3n) is 6.52. The Hall–Kier alpha value is -0.0800. The van der Waals surface area contributed by atoms with Gasteiger partial charge in [-0.1, -0.05) is 26.2 Å². The Labute approximate surface area is 118 Å². The van der Waals surface area contributed by atoms with E-state index >= 15 is 0 Å². The molecule has 0 spiro atoms. The quantitative estimate of drug-likeness (QED) is 0.820. The second kappa shape index (κ2) is 5.04. The van der Waals surface area contributed by atoms with Crippen molar-refractivity contribution in [3.63, 3.8) is 0 Å². The first-order valence-corrected chi connectivity index (χ1v) is 8.51. The fourth-order valence-corrected chi connectivity index (χ4v) is 5.20. The summed E-state index contributed by atoms with van der Waals surface area (Å²) in [5.74, 6) is 2.46. The lowest BCUT2D eigenvalue weighted by atomic mass is 9.55. The zero-order chi connectivity index (χ0) is 13.5. The van der Waals surface area contributed by atoms with Crippen LogP contribution in [-0.4, -0.2) is 17.3 Å². The first kappa shape index (κ1) is 13.9. The van der Waals surface area contributed by atoms with E-state index in [1.54, 1.807) is 0 Å². The van der Waals surface area contributed by atoms with Crippen LogP contribution in [0.25, 0.3) is 0 Å². The van der Waals surface area contributed by atoms with Crippen LogP contribution in [-0.2, 0) is 0 Å². The minimum atomic E-state index is -0.456. The van der Waals surface area contributed by atoms with E-state index in [1.807, 2.05) is 0 Å². The minimum Gasteiger partial charge on any atom is -0.389 e. The minimum absolute atomic E-state index is 0.0260. The number of aliphatic hydroxyl groups is 1. The standard InChI is InChI=1S/C17H31NO/c1-13-4-2-8-16(10-13,12-18)17(19)9-3-5-15(11-17)14-6-7-14/h13-15,19H,2-12,18H2,1H3. The maximum atomic E-state index is 11.4. The first-order valence-electron chi connectivity index (χ1n) is 8.51. The molecule has 4 unspecified atom stereocenters. The second-order valence-electron chi connectivity index (χ2n) is 7.91. The average molecular weight is 265 g/mol. The summed E-state index contributed by atoms with van der Waals surface area (Å²) >= 11 is 0. The summed E-state index contributed by atoms with van der Waals surface area (Å²) in [4.78, 5) is 0. The Bertz CT molecular complexity index is 327. The van der Waals surface area contributed by atoms with Gasteiger partial charge in [-0.15, -0.1) is 0 Å². The molecule has 0 aliphatic heterocycles. The van der Waals surface area contributed by atoms with Gasteiger partial charge >= 0.3 is 0 Å². The Morgan fingerprint density at radius 3 is 2.37 bits per heavy atom. The summed E-state index contributed by atoms with van der Waals surface area (Å²) < 4.78 is 0. The van der Waals surface area contributed by atoms with Crippen molar-refractivity contribution in [2.45, 2.75) is 76.7 Å². The van der Waals surface area contributed by atoms with Gasteiger partial charge in [-0.3, -0.25) is 0 Å². The largest absolute Gasteiger partial charge is 0.389 e. The fraction of sp³-hybridized carbons (Fsp3) is 1.00. The molecule has 0 aromatic heterocycles. The topological polar surface area (TPSA) is 46.2 Å². The molecule has 3 rings (SSSR count). The van der Waals surface area contributed by atoms with Crippen molar-refractivity contribution in [1.82, 2.24) is 0 Å². The maximum absolute atomic E-state index is 11.4. The van der Waals surface area contributed by atoms with Gasteiger partial charge in [-0.05, 0) is 62.7 Å². The summed E-state index contributed by atoms with van der Waals surface area (Å²) in [6.45, 7) is 3.03. The van der Waals surface area contributed by atoms with Crippen LogP contribution in [0.2, 0.25) is 0 Å². The third kappa shape index (κ3) is 2.47. The van der Waals surface area contributed by atoms with E-state index in [0.29, 0.717) is 6.54 Å². The predicted molar refractivity (Wildman–Crippen MR) is 78.8 cm³/mol. The van der Waals surface area contributed by atoms with Gasteiger partial charge in [0.05, 0.1) is 5.60 Å². The van der Waals surface area contributed by atoms with Crippen LogP contribution in [0.15, 0.2) is 0 Å². The molecule has 3 N–H and O–H groups in total. The van der Waals surface area contributed by atoms with E-state index in [4.69, 9.17) is 5.73 Å². The third-order valence-corrected chi connectivity index (χ3v) is 6.52. The molecule has 0 aromatic carbocycles. The molecule has 0 radical (unpaired) electrons. The number of hydrogen-bond acceptors (Lipinski definition) is 2. The molecule has 3 saturated carbocycles. The maximum Gasteiger partial charge on any atom is 0.0718 e. The van der Waals surface area contributed by atoms with E-state index in [-0.39, 0.29) is 5.41 Å². The van der Waals surface area contributed by atoms with Gasteiger partial charge in [0.25, 0.3) is 0 Å². The average Bonchev–Trinajstić information content (AvgIpc) is 3.23. The molecular weight excluding hydrogens is 234 g/mol. The molecule has 19 heavy (non-hydrogen) atoms. The highest BCUT2D eigenvalue weighted by molar-refractivity contribution is 5.05. The van der Waals surface area contributed by atoms with E-state index in [1.165, 1.54) is 38.5 Å². The van der Waals surface area contributed by atoms with Gasteiger partial charge in [0.15, 0.2) is 0 Å². The molecule has 2 nitrogen and oxygen atoms in total. The molecular formula is C17H31NO. The molecule has 0 heterocycles. The zero-order valence-corrected chi connectivity index (χ0v) is 12.5. The molecule has 110 valence electrons. The molecule has 3 aliphatic carbocycles. The molecule has 0 saturated heterocycles. The summed E-state index contributed by atoms with van der Waals surface area (Å²) in [6.07, 6.45) is 12.3. The highest BCUT2D eigenvalue weighted by atomic mass is 16.3. The van der Waals surface area contributed by atoms with Crippen molar-refractivity contribution in [3.8, 4) is 0 Å². The number of nitrogens with two attached hydrogens (primary N) is 1. The second-order valence-corrected chi connectivity index (χ2v) is 7.91. The van der Waals surface area contributed by atoms with Gasteiger partial charge in [-0.2, -0.15) is 0 Å². The lowest BCUT2D eigenvalue weighted by Gasteiger charge is -2.54. The summed E-state index contributed by atoms with van der Waals surface area (Å²) in [5.41, 5.74) is 5.76. The van der Waals surface area contributed by atoms with Gasteiger partial charge in [0, 0.05) is 12.0 Å². The smallest absolute Gasteiger partial charge is 0.0718 e. The molecule has 3 fully saturated rings. The van der Waals surface area contributed by atoms with Gasteiger partial charge in [-0.25, -0.2) is 0 Å². The molecule has 3 aliphatic rings. The Morgan fingerprint density at radius 2 is 1.74 bits per heavy atom. The summed E-state index contributed by atoms with van der Waals surface area (Å²) in [6, 6.07) is 0. The molecule has 4 atom stereocenters. The van der Waals surface area contributed by atoms with E-state index < -0.39 is 5.60 Å². The number of rotatable bonds is 3. The van der Waals surface area contributed by atoms with Crippen LogP contribution in [0.4, 0.5) is 0 Å². The van der Waals surface area contributed by atoms with Crippen LogP contribution < -0.4 is 5.73 Å². The molecule has 2 heteroatoms. The monoisotopic (exact) mass is 265 g/mol. The van der Waals surface area contributed by atoms with E-state index in [0.717, 1.165) is 43.4 Å². The zero-order valence-electron chi connectivity index (χ0n) is 12.5. The normalized spacial score (nSPS) is 48.2. The van der Waals surface area contributed by atoms with Crippen LogP contribution >= 0.6 is 0 Å². The van der Waals surface area contributed by atoms with Crippen LogP contribution in [0.5, 0.6) is 0 Å². The fourth-order valence-electron chi connectivity index (χ4n) is 5.20. The lowest BCUT2D eigenvalue weighted by molar-refractivity contribution is -0.141. The molecule has 0 aromatic rings. The van der Waals surface area contributed by atoms with Crippen LogP contribution in [0, 0.1) is 23.2 Å². The van der Waals surface area contributed by atoms with Gasteiger partial charge in [0.1, 0.15) is 0 Å². The van der Waals surface area contributed by atoms with Crippen molar-refractivity contribution in [2.24, 2.45) is 28.9 Å². The highest BCUT2D eigenvalue weighted by Gasteiger charge is 2.53. The Morgan fingerprint density at radius 1 is 1.00 bits per heavy atom.